The van der Waals surface area contributed by atoms with Crippen molar-refractivity contribution in [2.24, 2.45) is 47.3 Å². The van der Waals surface area contributed by atoms with E-state index < -0.39 is 39.7 Å². The lowest BCUT2D eigenvalue weighted by Crippen LogP contribution is -2.66. The zero-order chi connectivity index (χ0) is 66.4. The summed E-state index contributed by atoms with van der Waals surface area (Å²) in [5, 5.41) is 4.69. The lowest BCUT2D eigenvalue weighted by molar-refractivity contribution is -0.158. The molecule has 2 saturated carbocycles. The van der Waals surface area contributed by atoms with Crippen molar-refractivity contribution in [2.75, 3.05) is 27.3 Å². The Hall–Kier alpha value is -4.43. The van der Waals surface area contributed by atoms with Gasteiger partial charge in [0.15, 0.2) is 0 Å². The Balaban J connectivity index is 0.000000324. The number of Topliss-reactive ketones (excluding diaryl/α,β-unsaturated/α-hetero) is 1. The van der Waals surface area contributed by atoms with Crippen molar-refractivity contribution >= 4 is 92.9 Å². The fourth-order valence-electron chi connectivity index (χ4n) is 12.8. The highest BCUT2D eigenvalue weighted by Gasteiger charge is 2.51. The van der Waals surface area contributed by atoms with Crippen LogP contribution in [0, 0.1) is 59.2 Å². The van der Waals surface area contributed by atoms with Gasteiger partial charge in [0, 0.05) is 45.1 Å². The van der Waals surface area contributed by atoms with Crippen LogP contribution in [0.3, 0.4) is 0 Å². The van der Waals surface area contributed by atoms with Crippen molar-refractivity contribution in [1.29, 1.82) is 0 Å². The van der Waals surface area contributed by atoms with Gasteiger partial charge in [-0.2, -0.15) is 0 Å². The highest BCUT2D eigenvalue weighted by atomic mass is 79.9. The number of allylic oxidation sites excluding steroid dienone is 1. The minimum Gasteiger partial charge on any atom is -0.460 e. The van der Waals surface area contributed by atoms with Gasteiger partial charge in [-0.05, 0) is 204 Å². The number of carbonyl (C=O) groups excluding carboxylic acids is 4. The van der Waals surface area contributed by atoms with Crippen molar-refractivity contribution in [3.05, 3.63) is 131 Å². The van der Waals surface area contributed by atoms with Crippen LogP contribution in [0.4, 0.5) is 0 Å². The predicted octanol–water partition coefficient (Wildman–Crippen LogP) is 16.8. The van der Waals surface area contributed by atoms with Crippen LogP contribution in [0.15, 0.2) is 131 Å². The molecule has 0 saturated heterocycles. The number of benzene rings is 4. The summed E-state index contributed by atoms with van der Waals surface area (Å²) in [5.74, 6) is 8.71. The molecule has 4 aromatic carbocycles. The lowest BCUT2D eigenvalue weighted by atomic mass is 9.71. The molecule has 2 atom stereocenters. The Morgan fingerprint density at radius 2 is 0.876 bits per heavy atom. The molecule has 0 bridgehead atoms. The Morgan fingerprint density at radius 3 is 1.19 bits per heavy atom. The van der Waals surface area contributed by atoms with Crippen molar-refractivity contribution in [3.8, 4) is 11.8 Å². The molecule has 0 heterocycles. The molecule has 13 heteroatoms. The first-order valence-corrected chi connectivity index (χ1v) is 38.2. The predicted molar refractivity (Wildman–Crippen MR) is 382 cm³/mol. The average molecular weight is 1380 g/mol. The molecule has 0 aliphatic heterocycles. The van der Waals surface area contributed by atoms with E-state index in [0.717, 1.165) is 39.9 Å². The van der Waals surface area contributed by atoms with Crippen LogP contribution < -0.4 is 20.7 Å². The summed E-state index contributed by atoms with van der Waals surface area (Å²) < 4.78 is 26.1. The fraction of sp³-hybridized carbons (Fsp3) is 0.579. The number of esters is 2. The van der Waals surface area contributed by atoms with E-state index in [-0.39, 0.29) is 46.5 Å². The second-order valence-corrected chi connectivity index (χ2v) is 41.4. The molecule has 2 aliphatic carbocycles. The third kappa shape index (κ3) is 25.2. The van der Waals surface area contributed by atoms with Crippen molar-refractivity contribution in [3.63, 3.8) is 0 Å². The number of hydrogen-bond acceptors (Lipinski definition) is 8. The number of halogens is 2. The Kier molecular flexibility index (Phi) is 30.8. The summed E-state index contributed by atoms with van der Waals surface area (Å²) in [4.78, 5) is 52.9. The number of hydrogen-bond donors (Lipinski definition) is 0. The van der Waals surface area contributed by atoms with E-state index in [4.69, 9.17) is 18.3 Å². The van der Waals surface area contributed by atoms with Crippen molar-refractivity contribution < 1.29 is 37.5 Å². The Morgan fingerprint density at radius 1 is 0.539 bits per heavy atom. The summed E-state index contributed by atoms with van der Waals surface area (Å²) in [7, 11) is -1.83. The maximum Gasteiger partial charge on any atom is 0.307 e. The molecule has 2 fully saturated rings. The summed E-state index contributed by atoms with van der Waals surface area (Å²) in [5.41, 5.74) is -1.17. The highest BCUT2D eigenvalue weighted by Crippen LogP contribution is 2.42. The van der Waals surface area contributed by atoms with Crippen molar-refractivity contribution in [1.82, 2.24) is 4.90 Å². The minimum atomic E-state index is -2.66. The molecule has 0 unspecified atom stereocenters. The van der Waals surface area contributed by atoms with Gasteiger partial charge < -0.3 is 23.2 Å². The van der Waals surface area contributed by atoms with Crippen molar-refractivity contribution in [2.45, 2.75) is 209 Å². The van der Waals surface area contributed by atoms with Gasteiger partial charge in [-0.15, -0.1) is 0 Å². The van der Waals surface area contributed by atoms with Gasteiger partial charge in [-0.1, -0.05) is 203 Å². The summed E-state index contributed by atoms with van der Waals surface area (Å²) in [6.07, 6.45) is 12.4. The lowest BCUT2D eigenvalue weighted by Gasteiger charge is -2.43. The normalized spacial score (nSPS) is 17.6. The second-order valence-electron chi connectivity index (χ2n) is 30.0. The maximum absolute atomic E-state index is 13.3. The van der Waals surface area contributed by atoms with E-state index in [0.29, 0.717) is 50.7 Å². The standard InChI is InChI=1S/C37H52O4Si.C29H43NO4Si.C10H16Br2/c1-28(2)24-30-25-29(26-30)21-22-34(38)31(27-35(39)41-36(3,4)5)16-15-23-40-42(37(6,7)8,32-17-11-9-12-18-32)33-19-13-10-14-20-33;1-28(2,3)34-26(31)22-23(27(32)30(7)8)16-15-21-33-35(29(4,5)6,24-17-11-9-12-18-24)25-19-13-10-14-20-25;1-7(2)3-8-4-9(5-8)6-10(11)12/h9-14,17-20,28-31H,15-16,23-27H2,1-8H3;9-14,17-20,23H,15-16,21-22H2,1-8H3;6-9H,3-5H2,1-2H3/t29?,30?,31-;23-;/m00./s1. The number of rotatable bonds is 25. The van der Waals surface area contributed by atoms with E-state index in [2.05, 4.69) is 216 Å². The van der Waals surface area contributed by atoms with E-state index in [1.54, 1.807) is 19.0 Å². The minimum absolute atomic E-state index is 0.0463. The van der Waals surface area contributed by atoms with Crippen LogP contribution in [0.2, 0.25) is 10.1 Å². The molecule has 6 rings (SSSR count). The largest absolute Gasteiger partial charge is 0.460 e. The summed E-state index contributed by atoms with van der Waals surface area (Å²) >= 11 is 6.80. The smallest absolute Gasteiger partial charge is 0.307 e. The van der Waals surface area contributed by atoms with Crippen LogP contribution in [0.1, 0.15) is 188 Å². The molecule has 0 aromatic heterocycles. The first-order chi connectivity index (χ1) is 41.6. The maximum atomic E-state index is 13.3. The highest BCUT2D eigenvalue weighted by molar-refractivity contribution is 9.28. The number of amides is 1. The van der Waals surface area contributed by atoms with Gasteiger partial charge in [0.1, 0.15) is 11.2 Å². The molecule has 1 amide bonds. The number of carbonyl (C=O) groups is 4. The first-order valence-electron chi connectivity index (χ1n) is 32.8. The molecule has 4 aromatic rings. The molecular weight excluding hydrogens is 1270 g/mol. The van der Waals surface area contributed by atoms with E-state index >= 15 is 0 Å². The van der Waals surface area contributed by atoms with Gasteiger partial charge in [0.2, 0.25) is 11.7 Å². The zero-order valence-electron chi connectivity index (χ0n) is 57.6. The van der Waals surface area contributed by atoms with Gasteiger partial charge >= 0.3 is 11.9 Å². The third-order valence-electron chi connectivity index (χ3n) is 16.6. The van der Waals surface area contributed by atoms with Crippen LogP contribution in [0.5, 0.6) is 0 Å². The number of ether oxygens (including phenoxy) is 2. The quantitative estimate of drug-likeness (QED) is 0.0212. The SMILES string of the molecule is CC(C)CC1CC(C#CC(=O)[C@@H](CCCO[Si](c2ccccc2)(c2ccccc2)C(C)(C)C)CC(=O)OC(C)(C)C)C1.CC(C)CC1CC(C=C(Br)Br)C1.CN(C)C(=O)[C@@H](CCCO[Si](c1ccccc1)(c1ccccc1)C(C)(C)C)CC(=O)OC(C)(C)C. The average Bonchev–Trinajstić information content (AvgIpc) is 0.783. The molecule has 89 heavy (non-hydrogen) atoms. The monoisotopic (exact) mass is 1380 g/mol. The van der Waals surface area contributed by atoms with E-state index in [1.807, 2.05) is 65.8 Å². The van der Waals surface area contributed by atoms with E-state index in [1.165, 1.54) is 46.4 Å². The fourth-order valence-corrected chi connectivity index (χ4v) is 22.7. The molecule has 0 N–H and O–H groups in total. The van der Waals surface area contributed by atoms with E-state index in [9.17, 15) is 19.2 Å². The molecule has 0 spiro atoms. The van der Waals surface area contributed by atoms with Gasteiger partial charge in [0.05, 0.1) is 16.2 Å². The van der Waals surface area contributed by atoms with Gasteiger partial charge in [-0.3, -0.25) is 19.2 Å². The molecule has 490 valence electrons. The molecular formula is C76H111Br2NO8Si2. The Labute approximate surface area is 557 Å². The van der Waals surface area contributed by atoms with Crippen LogP contribution in [-0.2, 0) is 37.5 Å². The second kappa shape index (κ2) is 35.6. The molecule has 2 aliphatic rings. The first kappa shape index (κ1) is 77.0. The molecule has 9 nitrogen and oxygen atoms in total. The molecule has 0 radical (unpaired) electrons. The van der Waals surface area contributed by atoms with Gasteiger partial charge in [-0.25, -0.2) is 0 Å². The summed E-state index contributed by atoms with van der Waals surface area (Å²) in [6.45, 7) is 34.7. The van der Waals surface area contributed by atoms with Crippen LogP contribution in [0.25, 0.3) is 0 Å². The van der Waals surface area contributed by atoms with Gasteiger partial charge in [0.25, 0.3) is 16.6 Å². The zero-order valence-corrected chi connectivity index (χ0v) is 62.8. The van der Waals surface area contributed by atoms with Crippen LogP contribution >= 0.6 is 31.9 Å². The summed E-state index contributed by atoms with van der Waals surface area (Å²) in [6, 6.07) is 42.2. The Bertz CT molecular complexity index is 2780. The topological polar surface area (TPSA) is 108 Å². The number of nitrogens with zero attached hydrogens (tertiary/aromatic N) is 1. The third-order valence-corrected chi connectivity index (χ3v) is 27.2. The number of ketones is 1. The van der Waals surface area contributed by atoms with Crippen LogP contribution in [-0.4, -0.2) is 83.7 Å².